The molecule has 0 bridgehead atoms. The van der Waals surface area contributed by atoms with E-state index >= 15 is 0 Å². The third kappa shape index (κ3) is 21.4. The highest BCUT2D eigenvalue weighted by Crippen LogP contribution is 2.41. The minimum atomic E-state index is -0.429. The van der Waals surface area contributed by atoms with Gasteiger partial charge in [-0.3, -0.25) is 4.79 Å². The summed E-state index contributed by atoms with van der Waals surface area (Å²) < 4.78 is 18.7. The second-order valence-corrected chi connectivity index (χ2v) is 18.0. The maximum atomic E-state index is 13.3. The van der Waals surface area contributed by atoms with Crippen LogP contribution in [0.5, 0.6) is 0 Å². The molecular weight excluding hydrogens is 540 g/mol. The first-order valence-electron chi connectivity index (χ1n) is 17.4. The largest absolute Gasteiger partial charge is 0.465 e. The lowest BCUT2D eigenvalue weighted by Crippen LogP contribution is -2.47. The van der Waals surface area contributed by atoms with E-state index in [0.717, 1.165) is 31.4 Å². The summed E-state index contributed by atoms with van der Waals surface area (Å²) in [4.78, 5) is 13.3. The molecule has 0 aromatic carbocycles. The van der Waals surface area contributed by atoms with E-state index < -0.39 is 5.60 Å². The van der Waals surface area contributed by atoms with E-state index in [2.05, 4.69) is 90.0 Å². The smallest absolute Gasteiger partial charge is 0.309 e. The van der Waals surface area contributed by atoms with Crippen LogP contribution in [0.25, 0.3) is 0 Å². The fourth-order valence-electron chi connectivity index (χ4n) is 5.07. The highest BCUT2D eigenvalue weighted by molar-refractivity contribution is 8.00. The van der Waals surface area contributed by atoms with Gasteiger partial charge in [-0.2, -0.15) is 11.8 Å². The summed E-state index contributed by atoms with van der Waals surface area (Å²) in [6.07, 6.45) is 17.4. The predicted molar refractivity (Wildman–Crippen MR) is 186 cm³/mol. The Balaban J connectivity index is 4.79. The minimum Gasteiger partial charge on any atom is -0.465 e. The van der Waals surface area contributed by atoms with Gasteiger partial charge in [0.25, 0.3) is 0 Å². The zero-order valence-corrected chi connectivity index (χ0v) is 31.5. The highest BCUT2D eigenvalue weighted by Gasteiger charge is 2.40. The van der Waals surface area contributed by atoms with Gasteiger partial charge in [0, 0.05) is 10.5 Å². The fraction of sp³-hybridized carbons (Fsp3) is 0.973. The molecule has 0 fully saturated rings. The Morgan fingerprint density at radius 3 is 1.60 bits per heavy atom. The number of hydrogen-bond donors (Lipinski definition) is 0. The van der Waals surface area contributed by atoms with Crippen molar-refractivity contribution in [2.45, 2.75) is 201 Å². The van der Waals surface area contributed by atoms with Crippen LogP contribution in [0, 0.1) is 11.3 Å². The van der Waals surface area contributed by atoms with Crippen molar-refractivity contribution in [3.63, 3.8) is 0 Å². The van der Waals surface area contributed by atoms with Crippen molar-refractivity contribution in [2.75, 3.05) is 19.0 Å². The first-order chi connectivity index (χ1) is 19.3. The van der Waals surface area contributed by atoms with E-state index in [4.69, 9.17) is 14.2 Å². The molecule has 0 rings (SSSR count). The molecule has 2 unspecified atom stereocenters. The van der Waals surface area contributed by atoms with Crippen LogP contribution in [-0.2, 0) is 19.0 Å². The molecule has 4 nitrogen and oxygen atoms in total. The van der Waals surface area contributed by atoms with Gasteiger partial charge in [0.05, 0.1) is 35.9 Å². The lowest BCUT2D eigenvalue weighted by molar-refractivity contribution is -0.168. The third-order valence-electron chi connectivity index (χ3n) is 8.22. The molecule has 0 aromatic heterocycles. The molecule has 42 heavy (non-hydrogen) atoms. The molecule has 0 aromatic rings. The van der Waals surface area contributed by atoms with Gasteiger partial charge >= 0.3 is 5.97 Å². The molecule has 2 atom stereocenters. The Labute approximate surface area is 268 Å². The average molecular weight is 615 g/mol. The number of thioether (sulfide) groups is 1. The van der Waals surface area contributed by atoms with Crippen molar-refractivity contribution >= 4 is 17.7 Å². The van der Waals surface area contributed by atoms with Gasteiger partial charge in [-0.05, 0) is 66.2 Å². The number of carbonyl (C=O) groups is 1. The molecule has 252 valence electrons. The SMILES string of the molecule is CCCCCCCCCCCCCCOC(=O)C(CC(C)(C)SCC(C)(COC(C)(C)C)OC(C)(C)CC)C(C)(C)C. The summed E-state index contributed by atoms with van der Waals surface area (Å²) in [6, 6.07) is 0. The molecule has 0 spiro atoms. The molecule has 0 saturated carbocycles. The number of carbonyl (C=O) groups excluding carboxylic acids is 1. The minimum absolute atomic E-state index is 0.0403. The molecule has 0 N–H and O–H groups in total. The fourth-order valence-corrected chi connectivity index (χ4v) is 6.19. The van der Waals surface area contributed by atoms with Gasteiger partial charge in [0.15, 0.2) is 0 Å². The van der Waals surface area contributed by atoms with Crippen LogP contribution in [0.4, 0.5) is 0 Å². The summed E-state index contributed by atoms with van der Waals surface area (Å²) in [5.41, 5.74) is -1.05. The normalized spacial score (nSPS) is 15.5. The molecule has 0 aliphatic heterocycles. The number of rotatable bonds is 24. The van der Waals surface area contributed by atoms with E-state index in [9.17, 15) is 4.79 Å². The highest BCUT2D eigenvalue weighted by atomic mass is 32.2. The van der Waals surface area contributed by atoms with Crippen molar-refractivity contribution in [1.82, 2.24) is 0 Å². The summed E-state index contributed by atoms with van der Waals surface area (Å²) in [5.74, 6) is 0.605. The molecule has 0 aliphatic rings. The second-order valence-electron chi connectivity index (χ2n) is 16.3. The third-order valence-corrected chi connectivity index (χ3v) is 9.92. The number of esters is 1. The quantitative estimate of drug-likeness (QED) is 0.0799. The van der Waals surface area contributed by atoms with Gasteiger partial charge in [0.2, 0.25) is 0 Å². The average Bonchev–Trinajstić information content (AvgIpc) is 2.86. The van der Waals surface area contributed by atoms with E-state index in [1.807, 2.05) is 11.8 Å². The van der Waals surface area contributed by atoms with Gasteiger partial charge < -0.3 is 14.2 Å². The van der Waals surface area contributed by atoms with Gasteiger partial charge in [-0.1, -0.05) is 119 Å². The molecular formula is C37H74O4S. The Hall–Kier alpha value is -0.260. The zero-order valence-electron chi connectivity index (χ0n) is 30.6. The Bertz CT molecular complexity index is 704. The lowest BCUT2D eigenvalue weighted by atomic mass is 9.76. The van der Waals surface area contributed by atoms with Crippen molar-refractivity contribution < 1.29 is 19.0 Å². The Morgan fingerprint density at radius 1 is 0.690 bits per heavy atom. The van der Waals surface area contributed by atoms with Crippen LogP contribution in [0.2, 0.25) is 0 Å². The molecule has 0 saturated heterocycles. The first-order valence-corrected chi connectivity index (χ1v) is 18.4. The molecule has 0 heterocycles. The monoisotopic (exact) mass is 615 g/mol. The van der Waals surface area contributed by atoms with Crippen LogP contribution in [0.3, 0.4) is 0 Å². The maximum absolute atomic E-state index is 13.3. The van der Waals surface area contributed by atoms with Gasteiger partial charge in [0.1, 0.15) is 0 Å². The molecule has 0 amide bonds. The van der Waals surface area contributed by atoms with Crippen LogP contribution >= 0.6 is 11.8 Å². The lowest BCUT2D eigenvalue weighted by Gasteiger charge is -2.42. The van der Waals surface area contributed by atoms with E-state index in [0.29, 0.717) is 13.2 Å². The predicted octanol–water partition coefficient (Wildman–Crippen LogP) is 11.6. The zero-order chi connectivity index (χ0) is 32.5. The van der Waals surface area contributed by atoms with Crippen LogP contribution in [0.1, 0.15) is 180 Å². The summed E-state index contributed by atoms with van der Waals surface area (Å²) in [6.45, 7) is 29.3. The Kier molecular flexibility index (Phi) is 19.9. The molecule has 0 radical (unpaired) electrons. The van der Waals surface area contributed by atoms with Crippen molar-refractivity contribution in [1.29, 1.82) is 0 Å². The Morgan fingerprint density at radius 2 is 1.17 bits per heavy atom. The number of ether oxygens (including phenoxy) is 3. The van der Waals surface area contributed by atoms with E-state index in [-0.39, 0.29) is 33.3 Å². The maximum Gasteiger partial charge on any atom is 0.309 e. The van der Waals surface area contributed by atoms with Crippen LogP contribution in [-0.4, -0.2) is 46.5 Å². The topological polar surface area (TPSA) is 44.8 Å². The van der Waals surface area contributed by atoms with E-state index in [1.165, 1.54) is 64.2 Å². The van der Waals surface area contributed by atoms with Gasteiger partial charge in [-0.15, -0.1) is 0 Å². The van der Waals surface area contributed by atoms with Crippen molar-refractivity contribution in [3.05, 3.63) is 0 Å². The summed E-state index contributed by atoms with van der Waals surface area (Å²) in [7, 11) is 0. The first kappa shape index (κ1) is 41.7. The van der Waals surface area contributed by atoms with Crippen molar-refractivity contribution in [3.8, 4) is 0 Å². The standard InChI is InChI=1S/C37H74O4S/c1-14-16-17-18-19-20-21-22-23-24-25-26-27-39-32(38)31(33(3,4)5)28-36(11,12)42-30-37(13,29-40-34(6,7)8)41-35(9,10)15-2/h31H,14-30H2,1-13H3. The van der Waals surface area contributed by atoms with Crippen LogP contribution in [0.15, 0.2) is 0 Å². The molecule has 0 aliphatic carbocycles. The second kappa shape index (κ2) is 20.0. The van der Waals surface area contributed by atoms with E-state index in [1.54, 1.807) is 0 Å². The molecule has 5 heteroatoms. The summed E-state index contributed by atoms with van der Waals surface area (Å²) in [5, 5.41) is 0. The number of hydrogen-bond acceptors (Lipinski definition) is 5. The van der Waals surface area contributed by atoms with Crippen LogP contribution < -0.4 is 0 Å². The van der Waals surface area contributed by atoms with Gasteiger partial charge in [-0.25, -0.2) is 0 Å². The summed E-state index contributed by atoms with van der Waals surface area (Å²) >= 11 is 1.88. The number of unbranched alkanes of at least 4 members (excludes halogenated alkanes) is 11. The van der Waals surface area contributed by atoms with Crippen molar-refractivity contribution in [2.24, 2.45) is 11.3 Å².